The molecule has 0 aliphatic rings. The molecule has 0 bridgehead atoms. The molecule has 0 atom stereocenters. The molecule has 0 rings (SSSR count). The molecule has 86 valence electrons. The molecule has 4 N–H and O–H groups in total. The van der Waals surface area contributed by atoms with Crippen LogP contribution in [0.3, 0.4) is 0 Å². The first-order valence-electron chi connectivity index (χ1n) is 5.55. The second kappa shape index (κ2) is 12.8. The summed E-state index contributed by atoms with van der Waals surface area (Å²) in [6, 6.07) is 0. The summed E-state index contributed by atoms with van der Waals surface area (Å²) < 4.78 is 0. The Hall–Kier alpha value is -0.160. The number of unbranched alkanes of at least 4 members (excludes halogenated alkanes) is 5. The van der Waals surface area contributed by atoms with Crippen molar-refractivity contribution < 1.29 is 10.2 Å². The van der Waals surface area contributed by atoms with Crippen LogP contribution in [-0.4, -0.2) is 36.8 Å². The fourth-order valence-electron chi connectivity index (χ4n) is 1.37. The minimum atomic E-state index is 0.0901. The van der Waals surface area contributed by atoms with Crippen LogP contribution in [0, 0.1) is 0 Å². The van der Waals surface area contributed by atoms with Crippen molar-refractivity contribution >= 4 is 0 Å². The Kier molecular flexibility index (Phi) is 12.7. The van der Waals surface area contributed by atoms with Gasteiger partial charge < -0.3 is 10.2 Å². The van der Waals surface area contributed by atoms with Crippen molar-refractivity contribution in [3.05, 3.63) is 0 Å². The number of rotatable bonds is 11. The lowest BCUT2D eigenvalue weighted by molar-refractivity contribution is 0.258. The molecule has 4 nitrogen and oxygen atoms in total. The maximum Gasteiger partial charge on any atom is 0.0931 e. The molecule has 0 aliphatic carbocycles. The van der Waals surface area contributed by atoms with Gasteiger partial charge in [0.2, 0.25) is 0 Å². The zero-order valence-electron chi connectivity index (χ0n) is 8.97. The number of aliphatic hydroxyl groups excluding tert-OH is 2. The molecule has 0 aliphatic heterocycles. The third-order valence-corrected chi connectivity index (χ3v) is 2.18. The molecule has 0 spiro atoms. The van der Waals surface area contributed by atoms with Gasteiger partial charge in [-0.1, -0.05) is 25.7 Å². The molecule has 0 amide bonds. The van der Waals surface area contributed by atoms with Crippen molar-refractivity contribution in [3.63, 3.8) is 0 Å². The second-order valence-corrected chi connectivity index (χ2v) is 3.44. The lowest BCUT2D eigenvalue weighted by Crippen LogP contribution is -2.16. The van der Waals surface area contributed by atoms with Crippen LogP contribution < -0.4 is 10.6 Å². The average Bonchev–Trinajstić information content (AvgIpc) is 2.21. The highest BCUT2D eigenvalue weighted by atomic mass is 16.3. The zero-order valence-corrected chi connectivity index (χ0v) is 8.97. The van der Waals surface area contributed by atoms with E-state index in [-0.39, 0.29) is 13.5 Å². The van der Waals surface area contributed by atoms with Crippen molar-refractivity contribution in [1.82, 2.24) is 10.6 Å². The molecular formula is C10H24N2O2. The largest absolute Gasteiger partial charge is 0.381 e. The molecule has 0 aromatic carbocycles. The van der Waals surface area contributed by atoms with Crippen LogP contribution in [0.5, 0.6) is 0 Å². The molecule has 14 heavy (non-hydrogen) atoms. The lowest BCUT2D eigenvalue weighted by Gasteiger charge is -2.02. The molecule has 4 heteroatoms. The van der Waals surface area contributed by atoms with Crippen LogP contribution in [-0.2, 0) is 0 Å². The van der Waals surface area contributed by atoms with Gasteiger partial charge in [-0.2, -0.15) is 0 Å². The first kappa shape index (κ1) is 13.8. The average molecular weight is 204 g/mol. The van der Waals surface area contributed by atoms with E-state index in [9.17, 15) is 0 Å². The van der Waals surface area contributed by atoms with Crippen LogP contribution in [0.4, 0.5) is 0 Å². The predicted octanol–water partition coefficient (Wildman–Crippen LogP) is 0.406. The summed E-state index contributed by atoms with van der Waals surface area (Å²) >= 11 is 0. The second-order valence-electron chi connectivity index (χ2n) is 3.44. The van der Waals surface area contributed by atoms with E-state index in [1.54, 1.807) is 0 Å². The smallest absolute Gasteiger partial charge is 0.0931 e. The number of hydrogen-bond acceptors (Lipinski definition) is 4. The maximum absolute atomic E-state index is 8.45. The highest BCUT2D eigenvalue weighted by Gasteiger charge is 1.91. The molecule has 0 radical (unpaired) electrons. The van der Waals surface area contributed by atoms with Crippen LogP contribution in [0.15, 0.2) is 0 Å². The molecule has 0 aromatic heterocycles. The molecule has 0 saturated heterocycles. The van der Waals surface area contributed by atoms with Gasteiger partial charge in [0.15, 0.2) is 0 Å². The summed E-state index contributed by atoms with van der Waals surface area (Å²) in [5.74, 6) is 0. The van der Waals surface area contributed by atoms with Crippen molar-refractivity contribution in [1.29, 1.82) is 0 Å². The molecule has 0 heterocycles. The van der Waals surface area contributed by atoms with Crippen LogP contribution in [0.1, 0.15) is 38.5 Å². The summed E-state index contributed by atoms with van der Waals surface area (Å²) in [6.07, 6.45) is 7.31. The van der Waals surface area contributed by atoms with Crippen LogP contribution in [0.2, 0.25) is 0 Å². The van der Waals surface area contributed by atoms with E-state index in [4.69, 9.17) is 10.2 Å². The fourth-order valence-corrected chi connectivity index (χ4v) is 1.37. The van der Waals surface area contributed by atoms with E-state index in [0.717, 1.165) is 25.9 Å². The molecular weight excluding hydrogens is 180 g/mol. The van der Waals surface area contributed by atoms with Gasteiger partial charge in [-0.3, -0.25) is 10.6 Å². The van der Waals surface area contributed by atoms with E-state index < -0.39 is 0 Å². The topological polar surface area (TPSA) is 64.5 Å². The van der Waals surface area contributed by atoms with Crippen molar-refractivity contribution in [2.75, 3.05) is 26.6 Å². The van der Waals surface area contributed by atoms with Crippen LogP contribution >= 0.6 is 0 Å². The quantitative estimate of drug-likeness (QED) is 0.291. The van der Waals surface area contributed by atoms with Gasteiger partial charge in [-0.15, -0.1) is 0 Å². The first-order valence-corrected chi connectivity index (χ1v) is 5.55. The summed E-state index contributed by atoms with van der Waals surface area (Å²) in [5.41, 5.74) is 0. The lowest BCUT2D eigenvalue weighted by atomic mass is 10.1. The van der Waals surface area contributed by atoms with Crippen molar-refractivity contribution in [2.45, 2.75) is 38.5 Å². The Bertz CT molecular complexity index is 90.1. The van der Waals surface area contributed by atoms with E-state index >= 15 is 0 Å². The monoisotopic (exact) mass is 204 g/mol. The van der Waals surface area contributed by atoms with Gasteiger partial charge in [0.05, 0.1) is 13.5 Å². The Morgan fingerprint density at radius 3 is 1.29 bits per heavy atom. The zero-order chi connectivity index (χ0) is 10.5. The first-order chi connectivity index (χ1) is 6.91. The third kappa shape index (κ3) is 11.8. The van der Waals surface area contributed by atoms with Gasteiger partial charge in [-0.25, -0.2) is 0 Å². The summed E-state index contributed by atoms with van der Waals surface area (Å²) in [4.78, 5) is 0. The number of aliphatic hydroxyl groups is 2. The Balaban J connectivity index is 2.78. The fraction of sp³-hybridized carbons (Fsp3) is 1.00. The molecule has 0 saturated carbocycles. The predicted molar refractivity (Wildman–Crippen MR) is 57.9 cm³/mol. The summed E-state index contributed by atoms with van der Waals surface area (Å²) in [7, 11) is 0. The molecule has 0 aromatic rings. The highest BCUT2D eigenvalue weighted by Crippen LogP contribution is 2.04. The number of hydrogen-bond donors (Lipinski definition) is 4. The molecule has 0 unspecified atom stereocenters. The minimum absolute atomic E-state index is 0.0901. The Morgan fingerprint density at radius 2 is 0.929 bits per heavy atom. The Labute approximate surface area is 86.7 Å². The SMILES string of the molecule is OCNCCCCCCCCNCO. The van der Waals surface area contributed by atoms with E-state index in [1.165, 1.54) is 25.7 Å². The van der Waals surface area contributed by atoms with Gasteiger partial charge in [0.1, 0.15) is 0 Å². The Morgan fingerprint density at radius 1 is 0.571 bits per heavy atom. The van der Waals surface area contributed by atoms with Crippen molar-refractivity contribution in [2.24, 2.45) is 0 Å². The van der Waals surface area contributed by atoms with Crippen LogP contribution in [0.25, 0.3) is 0 Å². The van der Waals surface area contributed by atoms with E-state index in [0.29, 0.717) is 0 Å². The van der Waals surface area contributed by atoms with Crippen molar-refractivity contribution in [3.8, 4) is 0 Å². The standard InChI is InChI=1S/C10H24N2O2/c13-9-11-7-5-3-1-2-4-6-8-12-10-14/h11-14H,1-10H2. The normalized spacial score (nSPS) is 10.7. The minimum Gasteiger partial charge on any atom is -0.381 e. The van der Waals surface area contributed by atoms with Gasteiger partial charge in [0, 0.05) is 0 Å². The van der Waals surface area contributed by atoms with Gasteiger partial charge in [-0.05, 0) is 25.9 Å². The summed E-state index contributed by atoms with van der Waals surface area (Å²) in [6.45, 7) is 2.02. The summed E-state index contributed by atoms with van der Waals surface area (Å²) in [5, 5.41) is 22.7. The highest BCUT2D eigenvalue weighted by molar-refractivity contribution is 4.48. The van der Waals surface area contributed by atoms with Gasteiger partial charge >= 0.3 is 0 Å². The maximum atomic E-state index is 8.45. The van der Waals surface area contributed by atoms with E-state index in [1.807, 2.05) is 0 Å². The molecule has 0 fully saturated rings. The van der Waals surface area contributed by atoms with E-state index in [2.05, 4.69) is 10.6 Å². The third-order valence-electron chi connectivity index (χ3n) is 2.18. The van der Waals surface area contributed by atoms with Gasteiger partial charge in [0.25, 0.3) is 0 Å². The number of nitrogens with one attached hydrogen (secondary N) is 2.